The maximum absolute atomic E-state index is 13.3. The molecular formula is C55H90F10N2O8. The van der Waals surface area contributed by atoms with Crippen molar-refractivity contribution in [3.8, 4) is 0 Å². The Hall–Kier alpha value is -2.97. The van der Waals surface area contributed by atoms with Gasteiger partial charge in [0.05, 0.1) is 18.3 Å². The summed E-state index contributed by atoms with van der Waals surface area (Å²) >= 11 is 0. The first-order chi connectivity index (χ1) is 35.7. The molecule has 0 aromatic heterocycles. The summed E-state index contributed by atoms with van der Waals surface area (Å²) in [5.41, 5.74) is 0. The second-order valence-corrected chi connectivity index (χ2v) is 20.3. The van der Waals surface area contributed by atoms with E-state index in [1.165, 1.54) is 19.3 Å². The second-order valence-electron chi connectivity index (χ2n) is 20.3. The molecule has 0 bridgehead atoms. The standard InChI is InChI=1S/C55H90F10N2O8/c1-3-5-6-7-8-9-10-11-12-13-14-15-16-17-22-27-48(68)73-42-45(44-75-51(70)46-30-38-67(39-31-46)47-32-36-66(4-2)37-33-47)43-74-49(69)28-29-50(71-40-25-20-18-23-34-52(56,57)54(60,61)62)72-41-26-21-19-24-35-53(58,59)55(63,64)65/h8-9,11-12,45-47,50H,3-7,10,13-44H2,1-2H3/b9-8-,12-11-. The molecule has 1 atom stereocenters. The van der Waals surface area contributed by atoms with Crippen molar-refractivity contribution in [2.45, 2.75) is 230 Å². The largest absolute Gasteiger partial charge is 0.465 e. The third-order valence-electron chi connectivity index (χ3n) is 13.9. The maximum Gasteiger partial charge on any atom is 0.453 e. The molecule has 0 saturated carbocycles. The van der Waals surface area contributed by atoms with Crippen LogP contribution in [0.15, 0.2) is 24.3 Å². The molecule has 0 aliphatic carbocycles. The predicted octanol–water partition coefficient (Wildman–Crippen LogP) is 14.7. The van der Waals surface area contributed by atoms with E-state index in [9.17, 15) is 58.3 Å². The highest BCUT2D eigenvalue weighted by Crippen LogP contribution is 2.40. The highest BCUT2D eigenvalue weighted by atomic mass is 19.4. The molecule has 2 fully saturated rings. The summed E-state index contributed by atoms with van der Waals surface area (Å²) in [6.07, 6.45) is 9.12. The number of hydrogen-bond acceptors (Lipinski definition) is 10. The van der Waals surface area contributed by atoms with Gasteiger partial charge in [0.25, 0.3) is 0 Å². The van der Waals surface area contributed by atoms with Crippen molar-refractivity contribution in [3.05, 3.63) is 24.3 Å². The molecule has 1 unspecified atom stereocenters. The molecule has 2 heterocycles. The predicted molar refractivity (Wildman–Crippen MR) is 268 cm³/mol. The number of nitrogens with zero attached hydrogens (tertiary/aromatic N) is 2. The van der Waals surface area contributed by atoms with E-state index in [-0.39, 0.29) is 116 Å². The number of rotatable bonds is 42. The molecule has 2 aliphatic rings. The van der Waals surface area contributed by atoms with Crippen molar-refractivity contribution in [1.82, 2.24) is 9.80 Å². The zero-order chi connectivity index (χ0) is 55.4. The summed E-state index contributed by atoms with van der Waals surface area (Å²) in [5.74, 6) is -12.0. The molecule has 0 N–H and O–H groups in total. The van der Waals surface area contributed by atoms with Gasteiger partial charge < -0.3 is 33.5 Å². The number of likely N-dealkylation sites (tertiary alicyclic amines) is 2. The first-order valence-corrected chi connectivity index (χ1v) is 28.1. The Bertz CT molecular complexity index is 1530. The summed E-state index contributed by atoms with van der Waals surface area (Å²) in [6.45, 7) is 8.51. The quantitative estimate of drug-likeness (QED) is 0.0147. The number of alkyl halides is 10. The van der Waals surface area contributed by atoms with Crippen LogP contribution < -0.4 is 0 Å². The van der Waals surface area contributed by atoms with Gasteiger partial charge in [0, 0.05) is 44.9 Å². The molecule has 0 spiro atoms. The topological polar surface area (TPSA) is 104 Å². The fourth-order valence-electron chi connectivity index (χ4n) is 8.98. The minimum absolute atomic E-state index is 0.00676. The summed E-state index contributed by atoms with van der Waals surface area (Å²) in [7, 11) is 0. The SMILES string of the molecule is CCCCC/C=C\C/C=C\CCCCCCCC(=O)OCC(COC(=O)CCC(OCCCCCCC(F)(F)C(F)(F)F)OCCCCCCC(F)(F)C(F)(F)F)COC(=O)C1CCN(C2CCN(CC)CC2)CC1. The molecule has 2 saturated heterocycles. The molecule has 0 radical (unpaired) electrons. The minimum atomic E-state index is -5.64. The number of ether oxygens (including phenoxy) is 5. The van der Waals surface area contributed by atoms with Crippen molar-refractivity contribution in [2.24, 2.45) is 11.8 Å². The van der Waals surface area contributed by atoms with Crippen LogP contribution in [0, 0.1) is 11.8 Å². The number of carbonyl (C=O) groups is 3. The van der Waals surface area contributed by atoms with Gasteiger partial charge in [-0.1, -0.05) is 95.9 Å². The molecule has 75 heavy (non-hydrogen) atoms. The van der Waals surface area contributed by atoms with Crippen LogP contribution in [0.4, 0.5) is 43.9 Å². The summed E-state index contributed by atoms with van der Waals surface area (Å²) in [5, 5.41) is 0. The third kappa shape index (κ3) is 31.3. The fourth-order valence-corrected chi connectivity index (χ4v) is 8.98. The lowest BCUT2D eigenvalue weighted by Gasteiger charge is -2.41. The van der Waals surface area contributed by atoms with Gasteiger partial charge in [0.15, 0.2) is 6.29 Å². The van der Waals surface area contributed by atoms with E-state index in [2.05, 4.69) is 48.0 Å². The van der Waals surface area contributed by atoms with Gasteiger partial charge in [-0.05, 0) is 123 Å². The van der Waals surface area contributed by atoms with Gasteiger partial charge in [-0.25, -0.2) is 0 Å². The van der Waals surface area contributed by atoms with E-state index in [0.717, 1.165) is 90.5 Å². The van der Waals surface area contributed by atoms with Crippen LogP contribution in [0.25, 0.3) is 0 Å². The number of allylic oxidation sites excluding steroid dienone is 4. The van der Waals surface area contributed by atoms with Crippen LogP contribution >= 0.6 is 0 Å². The zero-order valence-electron chi connectivity index (χ0n) is 44.9. The number of hydrogen-bond donors (Lipinski definition) is 0. The van der Waals surface area contributed by atoms with E-state index in [0.29, 0.717) is 25.3 Å². The van der Waals surface area contributed by atoms with Crippen LogP contribution in [0.3, 0.4) is 0 Å². The number of piperidine rings is 2. The van der Waals surface area contributed by atoms with Crippen LogP contribution in [-0.4, -0.2) is 130 Å². The highest BCUT2D eigenvalue weighted by molar-refractivity contribution is 5.72. The minimum Gasteiger partial charge on any atom is -0.465 e. The van der Waals surface area contributed by atoms with E-state index in [4.69, 9.17) is 23.7 Å². The second kappa shape index (κ2) is 38.6. The molecule has 20 heteroatoms. The number of esters is 3. The van der Waals surface area contributed by atoms with Crippen molar-refractivity contribution < 1.29 is 82.0 Å². The Balaban J connectivity index is 1.90. The van der Waals surface area contributed by atoms with Crippen LogP contribution in [-0.2, 0) is 38.1 Å². The monoisotopic (exact) mass is 1100 g/mol. The molecule has 0 aromatic rings. The fraction of sp³-hybridized carbons (Fsp3) is 0.873. The average Bonchev–Trinajstić information content (AvgIpc) is 3.37. The van der Waals surface area contributed by atoms with Crippen molar-refractivity contribution in [2.75, 3.05) is 65.8 Å². The van der Waals surface area contributed by atoms with Gasteiger partial charge >= 0.3 is 42.1 Å². The maximum atomic E-state index is 13.3. The van der Waals surface area contributed by atoms with Crippen molar-refractivity contribution >= 4 is 17.9 Å². The lowest BCUT2D eigenvalue weighted by atomic mass is 9.93. The van der Waals surface area contributed by atoms with Crippen LogP contribution in [0.5, 0.6) is 0 Å². The molecule has 2 rings (SSSR count). The van der Waals surface area contributed by atoms with Crippen LogP contribution in [0.1, 0.15) is 194 Å². The van der Waals surface area contributed by atoms with Crippen molar-refractivity contribution in [3.63, 3.8) is 0 Å². The van der Waals surface area contributed by atoms with Gasteiger partial charge in [-0.2, -0.15) is 43.9 Å². The van der Waals surface area contributed by atoms with E-state index < -0.39 is 61.2 Å². The van der Waals surface area contributed by atoms with E-state index in [1.807, 2.05) is 0 Å². The molecule has 10 nitrogen and oxygen atoms in total. The number of unbranched alkanes of at least 4 members (excludes halogenated alkanes) is 14. The number of carbonyl (C=O) groups excluding carboxylic acids is 3. The number of halogens is 10. The highest BCUT2D eigenvalue weighted by Gasteiger charge is 2.57. The summed E-state index contributed by atoms with van der Waals surface area (Å²) in [4.78, 5) is 44.1. The molecule has 0 aromatic carbocycles. The van der Waals surface area contributed by atoms with Crippen molar-refractivity contribution in [1.29, 1.82) is 0 Å². The lowest BCUT2D eigenvalue weighted by Crippen LogP contribution is -2.48. The van der Waals surface area contributed by atoms with Gasteiger partial charge in [0.1, 0.15) is 19.8 Å². The average molecular weight is 1100 g/mol. The first-order valence-electron chi connectivity index (χ1n) is 28.1. The summed E-state index contributed by atoms with van der Waals surface area (Å²) in [6, 6.07) is 0.493. The first kappa shape index (κ1) is 68.1. The van der Waals surface area contributed by atoms with E-state index >= 15 is 0 Å². The Labute approximate surface area is 440 Å². The summed E-state index contributed by atoms with van der Waals surface area (Å²) < 4.78 is 157. The smallest absolute Gasteiger partial charge is 0.453 e. The Morgan fingerprint density at radius 3 is 1.52 bits per heavy atom. The van der Waals surface area contributed by atoms with Gasteiger partial charge in [-0.15, -0.1) is 0 Å². The Morgan fingerprint density at radius 2 is 1.00 bits per heavy atom. The lowest BCUT2D eigenvalue weighted by molar-refractivity contribution is -0.284. The molecule has 0 amide bonds. The molecular weight excluding hydrogens is 1010 g/mol. The molecule has 2 aliphatic heterocycles. The Kier molecular flexibility index (Phi) is 35.0. The Morgan fingerprint density at radius 1 is 0.533 bits per heavy atom. The van der Waals surface area contributed by atoms with E-state index in [1.54, 1.807) is 0 Å². The van der Waals surface area contributed by atoms with Gasteiger partial charge in [-0.3, -0.25) is 14.4 Å². The molecule has 438 valence electrons. The zero-order valence-corrected chi connectivity index (χ0v) is 44.9. The third-order valence-corrected chi connectivity index (χ3v) is 13.9. The van der Waals surface area contributed by atoms with Crippen LogP contribution in [0.2, 0.25) is 0 Å². The normalized spacial score (nSPS) is 16.7. The van der Waals surface area contributed by atoms with Gasteiger partial charge in [0.2, 0.25) is 0 Å².